The van der Waals surface area contributed by atoms with Gasteiger partial charge in [0.25, 0.3) is 5.91 Å². The second-order valence-electron chi connectivity index (χ2n) is 6.33. The summed E-state index contributed by atoms with van der Waals surface area (Å²) in [5, 5.41) is 2.81. The number of likely N-dealkylation sites (N-methyl/N-ethyl adjacent to an activating group) is 1. The molecule has 0 fully saturated rings. The molecule has 2 rings (SSSR count). The summed E-state index contributed by atoms with van der Waals surface area (Å²) >= 11 is 1.61. The Morgan fingerprint density at radius 1 is 1.25 bits per heavy atom. The maximum Gasteiger partial charge on any atom is 0.264 e. The normalized spacial score (nSPS) is 14.4. The van der Waals surface area contributed by atoms with E-state index in [0.29, 0.717) is 13.2 Å². The molecule has 0 saturated heterocycles. The van der Waals surface area contributed by atoms with Crippen molar-refractivity contribution in [2.24, 2.45) is 0 Å². The fourth-order valence-electron chi connectivity index (χ4n) is 2.93. The van der Waals surface area contributed by atoms with E-state index < -0.39 is 0 Å². The van der Waals surface area contributed by atoms with Gasteiger partial charge in [0.05, 0.1) is 11.4 Å². The zero-order valence-corrected chi connectivity index (χ0v) is 15.5. The Morgan fingerprint density at radius 3 is 2.75 bits per heavy atom. The van der Waals surface area contributed by atoms with E-state index in [9.17, 15) is 9.59 Å². The number of rotatable bonds is 7. The van der Waals surface area contributed by atoms with Gasteiger partial charge in [0.1, 0.15) is 0 Å². The van der Waals surface area contributed by atoms with Crippen LogP contribution < -0.4 is 5.32 Å². The van der Waals surface area contributed by atoms with Crippen LogP contribution >= 0.6 is 11.3 Å². The third-order valence-electron chi connectivity index (χ3n) is 4.28. The Balaban J connectivity index is 1.88. The van der Waals surface area contributed by atoms with E-state index in [1.807, 2.05) is 6.07 Å². The van der Waals surface area contributed by atoms with E-state index in [1.165, 1.54) is 41.0 Å². The largest absolute Gasteiger partial charge is 0.385 e. The molecule has 0 aromatic carbocycles. The van der Waals surface area contributed by atoms with Crippen LogP contribution in [0.5, 0.6) is 0 Å². The van der Waals surface area contributed by atoms with E-state index >= 15 is 0 Å². The Labute approximate surface area is 148 Å². The van der Waals surface area contributed by atoms with Crippen LogP contribution in [0.2, 0.25) is 0 Å². The van der Waals surface area contributed by atoms with E-state index in [1.54, 1.807) is 25.5 Å². The summed E-state index contributed by atoms with van der Waals surface area (Å²) in [6.45, 7) is 1.28. The molecular weight excluding hydrogens is 324 g/mol. The summed E-state index contributed by atoms with van der Waals surface area (Å²) in [5.41, 5.74) is 1.33. The van der Waals surface area contributed by atoms with Gasteiger partial charge in [0.15, 0.2) is 0 Å². The van der Waals surface area contributed by atoms with Crippen molar-refractivity contribution in [2.45, 2.75) is 44.9 Å². The highest BCUT2D eigenvalue weighted by atomic mass is 32.1. The Kier molecular flexibility index (Phi) is 7.72. The van der Waals surface area contributed by atoms with Crippen LogP contribution in [0.1, 0.15) is 52.2 Å². The molecule has 0 atom stereocenters. The van der Waals surface area contributed by atoms with Crippen LogP contribution in [0.25, 0.3) is 0 Å². The number of ether oxygens (including phenoxy) is 1. The van der Waals surface area contributed by atoms with Gasteiger partial charge in [-0.25, -0.2) is 0 Å². The first-order valence-electron chi connectivity index (χ1n) is 8.74. The van der Waals surface area contributed by atoms with Crippen LogP contribution in [0.15, 0.2) is 6.07 Å². The van der Waals surface area contributed by atoms with Crippen LogP contribution in [-0.4, -0.2) is 50.6 Å². The average Bonchev–Trinajstić information content (AvgIpc) is 2.93. The molecule has 1 aromatic rings. The standard InChI is InChI=1S/C18H28N2O3S/c1-20(13-17(21)19-10-7-11-23-2)18(22)16-12-14-8-5-3-4-6-9-15(14)24-16/h12H,3-11,13H2,1-2H3,(H,19,21). The van der Waals surface area contributed by atoms with Crippen LogP contribution in [0.4, 0.5) is 0 Å². The molecule has 1 aliphatic rings. The first-order valence-corrected chi connectivity index (χ1v) is 9.56. The van der Waals surface area contributed by atoms with E-state index in [2.05, 4.69) is 5.32 Å². The first kappa shape index (κ1) is 18.9. The number of hydrogen-bond acceptors (Lipinski definition) is 4. The molecule has 5 nitrogen and oxygen atoms in total. The lowest BCUT2D eigenvalue weighted by Gasteiger charge is -2.15. The van der Waals surface area contributed by atoms with Crippen molar-refractivity contribution in [3.05, 3.63) is 21.4 Å². The molecule has 0 spiro atoms. The molecular formula is C18H28N2O3S. The third kappa shape index (κ3) is 5.60. The summed E-state index contributed by atoms with van der Waals surface area (Å²) in [6, 6.07) is 2.04. The summed E-state index contributed by atoms with van der Waals surface area (Å²) in [6.07, 6.45) is 7.90. The number of thiophene rings is 1. The van der Waals surface area contributed by atoms with Crippen molar-refractivity contribution in [2.75, 3.05) is 33.9 Å². The quantitative estimate of drug-likeness (QED) is 0.768. The number of fused-ring (bicyclic) bond motifs is 1. The van der Waals surface area contributed by atoms with Gasteiger partial charge in [0.2, 0.25) is 5.91 Å². The predicted molar refractivity (Wildman–Crippen MR) is 96.7 cm³/mol. The van der Waals surface area contributed by atoms with Gasteiger partial charge in [-0.05, 0) is 43.7 Å². The Bertz CT molecular complexity index is 531. The maximum absolute atomic E-state index is 12.6. The molecule has 0 bridgehead atoms. The van der Waals surface area contributed by atoms with E-state index in [-0.39, 0.29) is 18.4 Å². The van der Waals surface area contributed by atoms with E-state index in [4.69, 9.17) is 4.74 Å². The molecule has 6 heteroatoms. The highest BCUT2D eigenvalue weighted by molar-refractivity contribution is 7.14. The summed E-state index contributed by atoms with van der Waals surface area (Å²) in [7, 11) is 3.33. The van der Waals surface area contributed by atoms with Gasteiger partial charge in [-0.15, -0.1) is 11.3 Å². The number of carbonyl (C=O) groups excluding carboxylic acids is 2. The summed E-state index contributed by atoms with van der Waals surface area (Å²) < 4.78 is 4.94. The maximum atomic E-state index is 12.6. The highest BCUT2D eigenvalue weighted by Gasteiger charge is 2.20. The first-order chi connectivity index (χ1) is 11.6. The number of amides is 2. The zero-order valence-electron chi connectivity index (χ0n) is 14.7. The van der Waals surface area contributed by atoms with Crippen molar-refractivity contribution in [3.63, 3.8) is 0 Å². The number of nitrogens with zero attached hydrogens (tertiary/aromatic N) is 1. The van der Waals surface area contributed by atoms with Gasteiger partial charge in [-0.2, -0.15) is 0 Å². The molecule has 1 N–H and O–H groups in total. The van der Waals surface area contributed by atoms with Gasteiger partial charge >= 0.3 is 0 Å². The summed E-state index contributed by atoms with van der Waals surface area (Å²) in [5.74, 6) is -0.185. The molecule has 0 aliphatic heterocycles. The second kappa shape index (κ2) is 9.79. The van der Waals surface area contributed by atoms with Crippen molar-refractivity contribution in [1.29, 1.82) is 0 Å². The van der Waals surface area contributed by atoms with Gasteiger partial charge in [-0.1, -0.05) is 12.8 Å². The van der Waals surface area contributed by atoms with Crippen LogP contribution in [-0.2, 0) is 22.4 Å². The smallest absolute Gasteiger partial charge is 0.264 e. The fourth-order valence-corrected chi connectivity index (χ4v) is 4.17. The molecule has 1 aromatic heterocycles. The molecule has 0 radical (unpaired) electrons. The van der Waals surface area contributed by atoms with Crippen LogP contribution in [0, 0.1) is 0 Å². The third-order valence-corrected chi connectivity index (χ3v) is 5.51. The number of aryl methyl sites for hydroxylation is 2. The van der Waals surface area contributed by atoms with Gasteiger partial charge in [0, 0.05) is 32.2 Å². The molecule has 24 heavy (non-hydrogen) atoms. The molecule has 0 saturated carbocycles. The molecule has 1 aliphatic carbocycles. The van der Waals surface area contributed by atoms with E-state index in [0.717, 1.165) is 24.1 Å². The van der Waals surface area contributed by atoms with Crippen LogP contribution in [0.3, 0.4) is 0 Å². The Hall–Kier alpha value is -1.40. The second-order valence-corrected chi connectivity index (χ2v) is 7.47. The van der Waals surface area contributed by atoms with Gasteiger partial charge < -0.3 is 15.0 Å². The number of carbonyl (C=O) groups is 2. The zero-order chi connectivity index (χ0) is 17.4. The van der Waals surface area contributed by atoms with Gasteiger partial charge in [-0.3, -0.25) is 9.59 Å². The molecule has 2 amide bonds. The molecule has 134 valence electrons. The SMILES string of the molecule is COCCCNC(=O)CN(C)C(=O)c1cc2c(s1)CCCCCC2. The number of nitrogens with one attached hydrogen (secondary N) is 1. The number of methoxy groups -OCH3 is 1. The Morgan fingerprint density at radius 2 is 2.00 bits per heavy atom. The minimum atomic E-state index is -0.128. The van der Waals surface area contributed by atoms with Crippen molar-refractivity contribution in [3.8, 4) is 0 Å². The topological polar surface area (TPSA) is 58.6 Å². The minimum absolute atomic E-state index is 0.0567. The highest BCUT2D eigenvalue weighted by Crippen LogP contribution is 2.29. The lowest BCUT2D eigenvalue weighted by atomic mass is 10.00. The minimum Gasteiger partial charge on any atom is -0.385 e. The predicted octanol–water partition coefficient (Wildman–Crippen LogP) is 2.63. The lowest BCUT2D eigenvalue weighted by Crippen LogP contribution is -2.38. The monoisotopic (exact) mass is 352 g/mol. The van der Waals surface area contributed by atoms with Crippen molar-refractivity contribution >= 4 is 23.2 Å². The lowest BCUT2D eigenvalue weighted by molar-refractivity contribution is -0.121. The molecule has 1 heterocycles. The summed E-state index contributed by atoms with van der Waals surface area (Å²) in [4.78, 5) is 28.1. The molecule has 0 unspecified atom stereocenters. The van der Waals surface area contributed by atoms with Crippen molar-refractivity contribution in [1.82, 2.24) is 10.2 Å². The fraction of sp³-hybridized carbons (Fsp3) is 0.667. The average molecular weight is 353 g/mol. The number of hydrogen-bond donors (Lipinski definition) is 1. The van der Waals surface area contributed by atoms with Crippen molar-refractivity contribution < 1.29 is 14.3 Å².